The van der Waals surface area contributed by atoms with Crippen molar-refractivity contribution in [3.63, 3.8) is 0 Å². The van der Waals surface area contributed by atoms with Crippen molar-refractivity contribution in [2.24, 2.45) is 0 Å². The van der Waals surface area contributed by atoms with Crippen LogP contribution < -0.4 is 10.1 Å². The van der Waals surface area contributed by atoms with Crippen molar-refractivity contribution in [1.82, 2.24) is 4.90 Å². The Balaban J connectivity index is 1.68. The zero-order valence-electron chi connectivity index (χ0n) is 15.2. The zero-order valence-corrected chi connectivity index (χ0v) is 15.2. The summed E-state index contributed by atoms with van der Waals surface area (Å²) in [5.74, 6) is 0.875. The summed E-state index contributed by atoms with van der Waals surface area (Å²) >= 11 is 0. The van der Waals surface area contributed by atoms with Crippen LogP contribution in [0.5, 0.6) is 5.75 Å². The van der Waals surface area contributed by atoms with Gasteiger partial charge in [-0.1, -0.05) is 30.3 Å². The highest BCUT2D eigenvalue weighted by molar-refractivity contribution is 5.93. The highest BCUT2D eigenvalue weighted by atomic mass is 16.5. The molecule has 0 atom stereocenters. The summed E-state index contributed by atoms with van der Waals surface area (Å²) in [4.78, 5) is 25.9. The van der Waals surface area contributed by atoms with Crippen LogP contribution in [-0.2, 0) is 29.0 Å². The van der Waals surface area contributed by atoms with E-state index >= 15 is 0 Å². The fraction of sp³-hybridized carbons (Fsp3) is 0.333. The van der Waals surface area contributed by atoms with E-state index in [0.717, 1.165) is 34.5 Å². The number of carbonyl (C=O) groups is 2. The first-order chi connectivity index (χ1) is 12.6. The molecule has 5 nitrogen and oxygen atoms in total. The number of hydrogen-bond donors (Lipinski definition) is 1. The monoisotopic (exact) mass is 352 g/mol. The van der Waals surface area contributed by atoms with Crippen molar-refractivity contribution in [2.45, 2.75) is 33.2 Å². The molecule has 2 aromatic rings. The Labute approximate surface area is 154 Å². The van der Waals surface area contributed by atoms with Gasteiger partial charge in [-0.25, -0.2) is 0 Å². The van der Waals surface area contributed by atoms with Crippen LogP contribution in [0.2, 0.25) is 0 Å². The zero-order chi connectivity index (χ0) is 18.5. The van der Waals surface area contributed by atoms with E-state index < -0.39 is 0 Å². The van der Waals surface area contributed by atoms with Gasteiger partial charge in [0.1, 0.15) is 5.75 Å². The molecule has 0 fully saturated rings. The summed E-state index contributed by atoms with van der Waals surface area (Å²) in [6, 6.07) is 13.5. The molecule has 0 aliphatic carbocycles. The second-order valence-electron chi connectivity index (χ2n) is 6.46. The number of rotatable bonds is 6. The molecule has 0 aromatic heterocycles. The van der Waals surface area contributed by atoms with Gasteiger partial charge in [-0.05, 0) is 35.7 Å². The number of hydrogen-bond acceptors (Lipinski definition) is 3. The van der Waals surface area contributed by atoms with Crippen LogP contribution in [0.4, 0.5) is 5.69 Å². The Hall–Kier alpha value is -2.82. The quantitative estimate of drug-likeness (QED) is 0.869. The molecule has 0 radical (unpaired) electrons. The Morgan fingerprint density at radius 3 is 2.77 bits per heavy atom. The predicted octanol–water partition coefficient (Wildman–Crippen LogP) is 3.17. The van der Waals surface area contributed by atoms with Crippen LogP contribution in [0.25, 0.3) is 0 Å². The van der Waals surface area contributed by atoms with Crippen molar-refractivity contribution < 1.29 is 14.3 Å². The van der Waals surface area contributed by atoms with Gasteiger partial charge in [0.15, 0.2) is 0 Å². The van der Waals surface area contributed by atoms with Gasteiger partial charge in [0.25, 0.3) is 0 Å². The predicted molar refractivity (Wildman–Crippen MR) is 101 cm³/mol. The lowest BCUT2D eigenvalue weighted by Gasteiger charge is -2.21. The van der Waals surface area contributed by atoms with Crippen molar-refractivity contribution in [1.29, 1.82) is 0 Å². The SMILES string of the molecule is CCN(Cc1ccccc1NC(=O)Cc1ccc2c(c1)CCO2)C(C)=O. The van der Waals surface area contributed by atoms with Gasteiger partial charge in [0.2, 0.25) is 11.8 Å². The van der Waals surface area contributed by atoms with Crippen molar-refractivity contribution in [2.75, 3.05) is 18.5 Å². The maximum atomic E-state index is 12.5. The Bertz CT molecular complexity index is 817. The summed E-state index contributed by atoms with van der Waals surface area (Å²) in [5.41, 5.74) is 3.82. The number of carbonyl (C=O) groups excluding carboxylic acids is 2. The number of anilines is 1. The second kappa shape index (κ2) is 8.04. The van der Waals surface area contributed by atoms with Crippen LogP contribution in [0.1, 0.15) is 30.5 Å². The molecule has 0 saturated carbocycles. The molecule has 1 aliphatic heterocycles. The van der Waals surface area contributed by atoms with Gasteiger partial charge < -0.3 is 15.0 Å². The Morgan fingerprint density at radius 1 is 1.19 bits per heavy atom. The van der Waals surface area contributed by atoms with E-state index in [4.69, 9.17) is 4.74 Å². The molecule has 1 heterocycles. The number of nitrogens with one attached hydrogen (secondary N) is 1. The fourth-order valence-electron chi connectivity index (χ4n) is 3.16. The minimum absolute atomic E-state index is 0.0222. The van der Waals surface area contributed by atoms with E-state index in [1.807, 2.05) is 49.4 Å². The molecule has 0 bridgehead atoms. The first kappa shape index (κ1) is 18.0. The summed E-state index contributed by atoms with van der Waals surface area (Å²) < 4.78 is 5.50. The average Bonchev–Trinajstić information content (AvgIpc) is 3.08. The van der Waals surface area contributed by atoms with E-state index in [9.17, 15) is 9.59 Å². The van der Waals surface area contributed by atoms with Crippen molar-refractivity contribution in [3.05, 3.63) is 59.2 Å². The highest BCUT2D eigenvalue weighted by Crippen LogP contribution is 2.26. The first-order valence-corrected chi connectivity index (χ1v) is 8.94. The number of amides is 2. The van der Waals surface area contributed by atoms with Crippen LogP contribution in [0.3, 0.4) is 0 Å². The van der Waals surface area contributed by atoms with E-state index in [0.29, 0.717) is 26.1 Å². The standard InChI is InChI=1S/C21H24N2O3/c1-3-23(15(2)24)14-18-6-4-5-7-19(18)22-21(25)13-16-8-9-20-17(12-16)10-11-26-20/h4-9,12H,3,10-11,13-14H2,1-2H3,(H,22,25). The normalized spacial score (nSPS) is 12.2. The topological polar surface area (TPSA) is 58.6 Å². The van der Waals surface area contributed by atoms with Crippen LogP contribution in [0, 0.1) is 0 Å². The van der Waals surface area contributed by atoms with E-state index in [1.54, 1.807) is 11.8 Å². The Kier molecular flexibility index (Phi) is 5.56. The van der Waals surface area contributed by atoms with Gasteiger partial charge in [-0.15, -0.1) is 0 Å². The molecule has 3 rings (SSSR count). The van der Waals surface area contributed by atoms with Crippen LogP contribution >= 0.6 is 0 Å². The first-order valence-electron chi connectivity index (χ1n) is 8.94. The van der Waals surface area contributed by atoms with E-state index in [2.05, 4.69) is 5.32 Å². The maximum Gasteiger partial charge on any atom is 0.228 e. The average molecular weight is 352 g/mol. The number of para-hydroxylation sites is 1. The molecule has 136 valence electrons. The largest absolute Gasteiger partial charge is 0.493 e. The number of nitrogens with zero attached hydrogens (tertiary/aromatic N) is 1. The lowest BCUT2D eigenvalue weighted by Crippen LogP contribution is -2.28. The highest BCUT2D eigenvalue weighted by Gasteiger charge is 2.15. The third-order valence-electron chi connectivity index (χ3n) is 4.60. The van der Waals surface area contributed by atoms with E-state index in [1.165, 1.54) is 0 Å². The van der Waals surface area contributed by atoms with Crippen LogP contribution in [0.15, 0.2) is 42.5 Å². The number of benzene rings is 2. The molecular weight excluding hydrogens is 328 g/mol. The van der Waals surface area contributed by atoms with Gasteiger partial charge >= 0.3 is 0 Å². The smallest absolute Gasteiger partial charge is 0.228 e. The number of fused-ring (bicyclic) bond motifs is 1. The molecule has 26 heavy (non-hydrogen) atoms. The minimum atomic E-state index is -0.0674. The van der Waals surface area contributed by atoms with Gasteiger partial charge in [0, 0.05) is 32.1 Å². The summed E-state index contributed by atoms with van der Waals surface area (Å²) in [7, 11) is 0. The van der Waals surface area contributed by atoms with Gasteiger partial charge in [-0.2, -0.15) is 0 Å². The molecular formula is C21H24N2O3. The third-order valence-corrected chi connectivity index (χ3v) is 4.60. The molecule has 0 saturated heterocycles. The summed E-state index contributed by atoms with van der Waals surface area (Å²) in [5, 5.41) is 2.99. The van der Waals surface area contributed by atoms with E-state index in [-0.39, 0.29) is 11.8 Å². The van der Waals surface area contributed by atoms with Crippen molar-refractivity contribution >= 4 is 17.5 Å². The molecule has 0 unspecified atom stereocenters. The maximum absolute atomic E-state index is 12.5. The number of ether oxygens (including phenoxy) is 1. The lowest BCUT2D eigenvalue weighted by atomic mass is 10.1. The van der Waals surface area contributed by atoms with Gasteiger partial charge in [0.05, 0.1) is 13.0 Å². The fourth-order valence-corrected chi connectivity index (χ4v) is 3.16. The molecule has 2 aromatic carbocycles. The molecule has 0 spiro atoms. The van der Waals surface area contributed by atoms with Crippen LogP contribution in [-0.4, -0.2) is 29.9 Å². The molecule has 1 N–H and O–H groups in total. The summed E-state index contributed by atoms with van der Waals surface area (Å²) in [6.07, 6.45) is 1.21. The van der Waals surface area contributed by atoms with Crippen molar-refractivity contribution in [3.8, 4) is 5.75 Å². The second-order valence-corrected chi connectivity index (χ2v) is 6.46. The summed E-state index contributed by atoms with van der Waals surface area (Å²) in [6.45, 7) is 5.33. The lowest BCUT2D eigenvalue weighted by molar-refractivity contribution is -0.129. The third kappa shape index (κ3) is 4.23. The molecule has 5 heteroatoms. The molecule has 2 amide bonds. The molecule has 1 aliphatic rings. The van der Waals surface area contributed by atoms with Gasteiger partial charge in [-0.3, -0.25) is 9.59 Å². The minimum Gasteiger partial charge on any atom is -0.493 e. The Morgan fingerprint density at radius 2 is 2.00 bits per heavy atom.